The maximum Gasteiger partial charge on any atom is 0.573 e. The maximum absolute atomic E-state index is 14.2. The Morgan fingerprint density at radius 2 is 1.74 bits per heavy atom. The van der Waals surface area contributed by atoms with E-state index in [2.05, 4.69) is 10.1 Å². The Bertz CT molecular complexity index is 1470. The summed E-state index contributed by atoms with van der Waals surface area (Å²) in [4.78, 5) is 15.8. The molecule has 39 heavy (non-hydrogen) atoms. The third-order valence-corrected chi connectivity index (χ3v) is 8.91. The van der Waals surface area contributed by atoms with E-state index < -0.39 is 19.5 Å². The molecule has 2 aliphatic rings. The second kappa shape index (κ2) is 9.79. The van der Waals surface area contributed by atoms with Gasteiger partial charge in [-0.2, -0.15) is 0 Å². The van der Waals surface area contributed by atoms with E-state index in [4.69, 9.17) is 16.3 Å². The Morgan fingerprint density at radius 1 is 1.05 bits per heavy atom. The second-order valence-electron chi connectivity index (χ2n) is 10.3. The molecule has 1 aliphatic carbocycles. The van der Waals surface area contributed by atoms with Gasteiger partial charge in [0.1, 0.15) is 24.7 Å². The van der Waals surface area contributed by atoms with Crippen LogP contribution in [0.25, 0.3) is 0 Å². The summed E-state index contributed by atoms with van der Waals surface area (Å²) >= 11 is 6.11. The number of carbonyl (C=O) groups is 1. The first-order valence-corrected chi connectivity index (χ1v) is 15.2. The first kappa shape index (κ1) is 27.4. The van der Waals surface area contributed by atoms with Gasteiger partial charge in [-0.25, -0.2) is 0 Å². The summed E-state index contributed by atoms with van der Waals surface area (Å²) in [6.07, 6.45) is -3.18. The number of alkyl halides is 3. The van der Waals surface area contributed by atoms with Crippen molar-refractivity contribution in [1.82, 2.24) is 0 Å². The van der Waals surface area contributed by atoms with Gasteiger partial charge in [0.2, 0.25) is 0 Å². The van der Waals surface area contributed by atoms with Crippen molar-refractivity contribution in [3.8, 4) is 11.5 Å². The lowest BCUT2D eigenvalue weighted by Crippen LogP contribution is -2.38. The smallest absolute Gasteiger partial charge is 0.497 e. The van der Waals surface area contributed by atoms with E-state index in [-0.39, 0.29) is 17.1 Å². The number of benzene rings is 3. The van der Waals surface area contributed by atoms with Crippen LogP contribution in [-0.2, 0) is 14.8 Å². The summed E-state index contributed by atoms with van der Waals surface area (Å²) in [5.74, 6) is -0.266. The summed E-state index contributed by atoms with van der Waals surface area (Å²) in [7, 11) is -1.17. The molecule has 0 bridgehead atoms. The number of rotatable bonds is 7. The summed E-state index contributed by atoms with van der Waals surface area (Å²) in [5, 5.41) is 4.33. The molecule has 1 unspecified atom stereocenters. The van der Waals surface area contributed by atoms with Crippen LogP contribution in [0, 0.1) is 0 Å². The summed E-state index contributed by atoms with van der Waals surface area (Å²) in [5.41, 5.74) is 2.08. The van der Waals surface area contributed by atoms with Crippen LogP contribution in [0.15, 0.2) is 60.7 Å². The molecule has 5 rings (SSSR count). The van der Waals surface area contributed by atoms with E-state index in [1.54, 1.807) is 61.9 Å². The molecule has 0 radical (unpaired) electrons. The highest BCUT2D eigenvalue weighted by atomic mass is 35.5. The Kier molecular flexibility index (Phi) is 6.88. The van der Waals surface area contributed by atoms with Crippen molar-refractivity contribution in [3.05, 3.63) is 76.8 Å². The molecule has 206 valence electrons. The first-order valence-electron chi connectivity index (χ1n) is 12.3. The van der Waals surface area contributed by atoms with Crippen LogP contribution >= 0.6 is 18.7 Å². The van der Waals surface area contributed by atoms with Gasteiger partial charge >= 0.3 is 6.36 Å². The highest BCUT2D eigenvalue weighted by Crippen LogP contribution is 2.57. The number of ether oxygens (including phenoxy) is 2. The lowest BCUT2D eigenvalue weighted by Gasteiger charge is -2.27. The lowest BCUT2D eigenvalue weighted by atomic mass is 9.99. The molecular weight excluding hydrogens is 552 g/mol. The third kappa shape index (κ3) is 5.75. The molecule has 3 aromatic rings. The van der Waals surface area contributed by atoms with Crippen LogP contribution < -0.4 is 25.0 Å². The minimum Gasteiger partial charge on any atom is -0.497 e. The third-order valence-electron chi connectivity index (χ3n) is 7.16. The Morgan fingerprint density at radius 3 is 2.33 bits per heavy atom. The number of methoxy groups -OCH3 is 1. The van der Waals surface area contributed by atoms with Crippen molar-refractivity contribution in [3.63, 3.8) is 0 Å². The van der Waals surface area contributed by atoms with Gasteiger partial charge in [-0.05, 0) is 67.6 Å². The van der Waals surface area contributed by atoms with Crippen LogP contribution in [0.4, 0.5) is 24.5 Å². The average Bonchev–Trinajstić information content (AvgIpc) is 3.57. The number of hydrogen-bond donors (Lipinski definition) is 1. The number of carbonyl (C=O) groups excluding carboxylic acids is 1. The van der Waals surface area contributed by atoms with Crippen molar-refractivity contribution in [1.29, 1.82) is 0 Å². The molecule has 1 aliphatic heterocycles. The molecule has 1 atom stereocenters. The van der Waals surface area contributed by atoms with Gasteiger partial charge in [-0.3, -0.25) is 4.79 Å². The number of anilines is 2. The summed E-state index contributed by atoms with van der Waals surface area (Å²) < 4.78 is 61.3. The minimum atomic E-state index is -4.85. The van der Waals surface area contributed by atoms with E-state index in [0.717, 1.165) is 18.4 Å². The zero-order valence-corrected chi connectivity index (χ0v) is 23.2. The average molecular weight is 579 g/mol. The van der Waals surface area contributed by atoms with Gasteiger partial charge in [-0.1, -0.05) is 29.8 Å². The number of nitrogens with zero attached hydrogens (tertiary/aromatic N) is 1. The molecule has 3 aromatic carbocycles. The fourth-order valence-corrected chi connectivity index (χ4v) is 6.00. The zero-order valence-electron chi connectivity index (χ0n) is 21.5. The normalized spacial score (nSPS) is 16.5. The molecule has 0 saturated heterocycles. The monoisotopic (exact) mass is 578 g/mol. The van der Waals surface area contributed by atoms with E-state index in [0.29, 0.717) is 39.6 Å². The Balaban J connectivity index is 1.55. The number of fused-ring (bicyclic) bond motifs is 2. The molecule has 1 amide bonds. The number of nitrogens with one attached hydrogen (secondary N) is 1. The van der Waals surface area contributed by atoms with Crippen molar-refractivity contribution in [2.24, 2.45) is 0 Å². The molecule has 1 heterocycles. The number of halogens is 4. The predicted octanol–water partition coefficient (Wildman–Crippen LogP) is 6.73. The van der Waals surface area contributed by atoms with Crippen molar-refractivity contribution in [2.75, 3.05) is 37.2 Å². The van der Waals surface area contributed by atoms with Gasteiger partial charge in [0.15, 0.2) is 0 Å². The fourth-order valence-electron chi connectivity index (χ4n) is 4.99. The zero-order chi connectivity index (χ0) is 28.2. The minimum absolute atomic E-state index is 0.271. The Labute approximate surface area is 229 Å². The van der Waals surface area contributed by atoms with E-state index in [1.807, 2.05) is 0 Å². The van der Waals surface area contributed by atoms with E-state index in [1.165, 1.54) is 24.1 Å². The van der Waals surface area contributed by atoms with Crippen LogP contribution in [0.5, 0.6) is 11.5 Å². The molecule has 1 fully saturated rings. The molecular formula is C28H27ClF3N2O4P. The van der Waals surface area contributed by atoms with Gasteiger partial charge in [0.05, 0.1) is 12.8 Å². The molecule has 6 nitrogen and oxygen atoms in total. The molecule has 1 saturated carbocycles. The molecule has 0 aromatic heterocycles. The van der Waals surface area contributed by atoms with Crippen molar-refractivity contribution in [2.45, 2.75) is 30.7 Å². The SMILES string of the molecule is COc1cc(NC(C(=O)N2CC3(CC3)c3ccc(OC(F)(F)F)cc32)c2ccc(Cl)cc2)cc(P(C)(C)=O)c1. The van der Waals surface area contributed by atoms with E-state index >= 15 is 0 Å². The predicted molar refractivity (Wildman–Crippen MR) is 146 cm³/mol. The van der Waals surface area contributed by atoms with Gasteiger partial charge < -0.3 is 24.3 Å². The highest BCUT2D eigenvalue weighted by molar-refractivity contribution is 7.70. The number of hydrogen-bond acceptors (Lipinski definition) is 5. The summed E-state index contributed by atoms with van der Waals surface area (Å²) in [6.45, 7) is 3.64. The summed E-state index contributed by atoms with van der Waals surface area (Å²) in [6, 6.07) is 15.1. The molecule has 11 heteroatoms. The van der Waals surface area contributed by atoms with Crippen LogP contribution in [0.2, 0.25) is 5.02 Å². The van der Waals surface area contributed by atoms with Crippen molar-refractivity contribution >= 4 is 41.3 Å². The Hall–Kier alpha value is -3.16. The van der Waals surface area contributed by atoms with E-state index in [9.17, 15) is 22.5 Å². The largest absolute Gasteiger partial charge is 0.573 e. The standard InChI is InChI=1S/C28H27ClF3N2O4P/c1-37-21-12-19(13-22(14-21)39(2,3)36)33-25(17-4-6-18(29)7-5-17)26(35)34-16-27(10-11-27)23-9-8-20(15-24(23)34)38-28(30,31)32/h4-9,12-15,25,33H,10-11,16H2,1-3H3. The highest BCUT2D eigenvalue weighted by Gasteiger charge is 2.54. The lowest BCUT2D eigenvalue weighted by molar-refractivity contribution is -0.274. The topological polar surface area (TPSA) is 67.9 Å². The molecule has 1 spiro atoms. The van der Waals surface area contributed by atoms with Gasteiger partial charge in [-0.15, -0.1) is 13.2 Å². The first-order chi connectivity index (χ1) is 18.3. The second-order valence-corrected chi connectivity index (χ2v) is 14.0. The fraction of sp³-hybridized carbons (Fsp3) is 0.321. The van der Waals surface area contributed by atoms with Crippen molar-refractivity contribution < 1.29 is 32.0 Å². The van der Waals surface area contributed by atoms with Gasteiger partial charge in [0, 0.05) is 40.1 Å². The van der Waals surface area contributed by atoms with Crippen LogP contribution in [-0.4, -0.2) is 39.3 Å². The van der Waals surface area contributed by atoms with Gasteiger partial charge in [0.25, 0.3) is 5.91 Å². The van der Waals surface area contributed by atoms with Crippen LogP contribution in [0.3, 0.4) is 0 Å². The number of amides is 1. The van der Waals surface area contributed by atoms with Crippen LogP contribution in [0.1, 0.15) is 30.0 Å². The maximum atomic E-state index is 14.2. The molecule has 1 N–H and O–H groups in total. The quantitative estimate of drug-likeness (QED) is 0.315.